The lowest BCUT2D eigenvalue weighted by Crippen LogP contribution is -2.47. The lowest BCUT2D eigenvalue weighted by molar-refractivity contribution is 0.117. The highest BCUT2D eigenvalue weighted by Crippen LogP contribution is 2.09. The molecule has 0 radical (unpaired) electrons. The summed E-state index contributed by atoms with van der Waals surface area (Å²) in [5.41, 5.74) is 0. The first-order chi connectivity index (χ1) is 14.2. The molecule has 0 N–H and O–H groups in total. The van der Waals surface area contributed by atoms with Gasteiger partial charge < -0.3 is 19.6 Å². The van der Waals surface area contributed by atoms with Gasteiger partial charge in [0.1, 0.15) is 0 Å². The molecule has 1 aliphatic heterocycles. The van der Waals surface area contributed by atoms with E-state index >= 15 is 0 Å². The van der Waals surface area contributed by atoms with E-state index in [0.717, 1.165) is 23.7 Å². The number of rotatable bonds is 16. The molecule has 1 heterocycles. The maximum absolute atomic E-state index is 2.70. The highest BCUT2D eigenvalue weighted by molar-refractivity contribution is 4.74. The van der Waals surface area contributed by atoms with Gasteiger partial charge in [-0.25, -0.2) is 0 Å². The molecular formula is C26H56N4. The monoisotopic (exact) mass is 424 g/mol. The van der Waals surface area contributed by atoms with Crippen LogP contribution in [0.5, 0.6) is 0 Å². The third-order valence-corrected chi connectivity index (χ3v) is 5.86. The average Bonchev–Trinajstić information content (AvgIpc) is 2.60. The van der Waals surface area contributed by atoms with Crippen LogP contribution in [-0.4, -0.2) is 98.1 Å². The maximum Gasteiger partial charge on any atom is 0.0110 e. The third kappa shape index (κ3) is 14.0. The van der Waals surface area contributed by atoms with Gasteiger partial charge >= 0.3 is 0 Å². The van der Waals surface area contributed by atoms with Crippen LogP contribution in [-0.2, 0) is 0 Å². The molecule has 0 atom stereocenters. The van der Waals surface area contributed by atoms with E-state index < -0.39 is 0 Å². The van der Waals surface area contributed by atoms with Gasteiger partial charge in [-0.2, -0.15) is 0 Å². The van der Waals surface area contributed by atoms with E-state index in [-0.39, 0.29) is 0 Å². The van der Waals surface area contributed by atoms with Crippen LogP contribution in [0.25, 0.3) is 0 Å². The molecule has 4 nitrogen and oxygen atoms in total. The second-order valence-corrected chi connectivity index (χ2v) is 11.5. The van der Waals surface area contributed by atoms with E-state index in [1.165, 1.54) is 91.4 Å². The second-order valence-electron chi connectivity index (χ2n) is 11.5. The fourth-order valence-electron chi connectivity index (χ4n) is 4.85. The predicted octanol–water partition coefficient (Wildman–Crippen LogP) is 4.61. The van der Waals surface area contributed by atoms with Crippen molar-refractivity contribution in [3.63, 3.8) is 0 Å². The Balaban J connectivity index is 2.21. The summed E-state index contributed by atoms with van der Waals surface area (Å²) in [7, 11) is 0. The summed E-state index contributed by atoms with van der Waals surface area (Å²) >= 11 is 0. The molecule has 0 unspecified atom stereocenters. The molecule has 1 fully saturated rings. The Hall–Kier alpha value is -0.160. The fraction of sp³-hybridized carbons (Fsp3) is 1.00. The summed E-state index contributed by atoms with van der Waals surface area (Å²) in [5, 5.41) is 0. The van der Waals surface area contributed by atoms with Crippen LogP contribution < -0.4 is 0 Å². The minimum atomic E-state index is 0.768. The minimum Gasteiger partial charge on any atom is -0.303 e. The molecule has 0 amide bonds. The maximum atomic E-state index is 2.70. The van der Waals surface area contributed by atoms with Crippen molar-refractivity contribution in [2.45, 2.75) is 68.2 Å². The summed E-state index contributed by atoms with van der Waals surface area (Å²) in [4.78, 5) is 10.8. The summed E-state index contributed by atoms with van der Waals surface area (Å²) in [5.74, 6) is 3.07. The van der Waals surface area contributed by atoms with Gasteiger partial charge in [-0.15, -0.1) is 0 Å². The van der Waals surface area contributed by atoms with Gasteiger partial charge in [-0.3, -0.25) is 0 Å². The zero-order valence-electron chi connectivity index (χ0n) is 22.0. The van der Waals surface area contributed by atoms with Crippen molar-refractivity contribution in [1.29, 1.82) is 0 Å². The van der Waals surface area contributed by atoms with Crippen LogP contribution in [0.4, 0.5) is 0 Å². The Labute approximate surface area is 190 Å². The number of hydrogen-bond donors (Lipinski definition) is 0. The molecule has 30 heavy (non-hydrogen) atoms. The summed E-state index contributed by atoms with van der Waals surface area (Å²) in [6, 6.07) is 0. The Kier molecular flexibility index (Phi) is 14.5. The molecular weight excluding hydrogens is 368 g/mol. The molecule has 0 aromatic rings. The molecule has 0 spiro atoms. The first-order valence-corrected chi connectivity index (χ1v) is 13.0. The third-order valence-electron chi connectivity index (χ3n) is 5.86. The van der Waals surface area contributed by atoms with E-state index in [1.54, 1.807) is 0 Å². The van der Waals surface area contributed by atoms with Crippen molar-refractivity contribution in [3.8, 4) is 0 Å². The molecule has 1 aliphatic rings. The Morgan fingerprint density at radius 3 is 1.00 bits per heavy atom. The Bertz CT molecular complexity index is 342. The van der Waals surface area contributed by atoms with Gasteiger partial charge in [0.25, 0.3) is 0 Å². The van der Waals surface area contributed by atoms with Gasteiger partial charge in [0.15, 0.2) is 0 Å². The molecule has 4 heteroatoms. The largest absolute Gasteiger partial charge is 0.303 e. The smallest absolute Gasteiger partial charge is 0.0110 e. The summed E-state index contributed by atoms with van der Waals surface area (Å²) in [6.45, 7) is 33.9. The molecule has 1 rings (SSSR count). The predicted molar refractivity (Wildman–Crippen MR) is 134 cm³/mol. The van der Waals surface area contributed by atoms with Crippen LogP contribution >= 0.6 is 0 Å². The number of piperazine rings is 1. The first-order valence-electron chi connectivity index (χ1n) is 13.0. The Morgan fingerprint density at radius 1 is 0.500 bits per heavy atom. The zero-order valence-corrected chi connectivity index (χ0v) is 22.0. The molecule has 0 aromatic heterocycles. The Morgan fingerprint density at radius 2 is 0.767 bits per heavy atom. The van der Waals surface area contributed by atoms with Crippen molar-refractivity contribution in [1.82, 2.24) is 19.6 Å². The lowest BCUT2D eigenvalue weighted by atomic mass is 10.1. The van der Waals surface area contributed by atoms with Crippen LogP contribution in [0.15, 0.2) is 0 Å². The van der Waals surface area contributed by atoms with E-state index in [9.17, 15) is 0 Å². The van der Waals surface area contributed by atoms with Crippen molar-refractivity contribution in [3.05, 3.63) is 0 Å². The lowest BCUT2D eigenvalue weighted by Gasteiger charge is -2.36. The normalized spacial score (nSPS) is 17.0. The van der Waals surface area contributed by atoms with Crippen molar-refractivity contribution >= 4 is 0 Å². The topological polar surface area (TPSA) is 13.0 Å². The van der Waals surface area contributed by atoms with Gasteiger partial charge in [0.2, 0.25) is 0 Å². The van der Waals surface area contributed by atoms with Crippen LogP contribution in [0.3, 0.4) is 0 Å². The van der Waals surface area contributed by atoms with Gasteiger partial charge in [0.05, 0.1) is 0 Å². The highest BCUT2D eigenvalue weighted by Gasteiger charge is 2.18. The highest BCUT2D eigenvalue weighted by atomic mass is 15.3. The molecule has 0 aromatic carbocycles. The van der Waals surface area contributed by atoms with Crippen LogP contribution in [0, 0.1) is 23.7 Å². The van der Waals surface area contributed by atoms with Crippen LogP contribution in [0.2, 0.25) is 0 Å². The molecule has 0 aliphatic carbocycles. The molecule has 0 bridgehead atoms. The molecule has 1 saturated heterocycles. The van der Waals surface area contributed by atoms with E-state index in [4.69, 9.17) is 0 Å². The number of nitrogens with zero attached hydrogens (tertiary/aromatic N) is 4. The van der Waals surface area contributed by atoms with Crippen molar-refractivity contribution in [2.75, 3.05) is 78.5 Å². The van der Waals surface area contributed by atoms with Gasteiger partial charge in [-0.05, 0) is 62.7 Å². The SMILES string of the molecule is CC(C)CN(CCCN1CCN(CCCN(CC(C)C)CC(C)C)CC1)CC(C)C. The minimum absolute atomic E-state index is 0.768. The number of hydrogen-bond acceptors (Lipinski definition) is 4. The van der Waals surface area contributed by atoms with Crippen molar-refractivity contribution < 1.29 is 0 Å². The van der Waals surface area contributed by atoms with Crippen molar-refractivity contribution in [2.24, 2.45) is 23.7 Å². The second kappa shape index (κ2) is 15.6. The zero-order chi connectivity index (χ0) is 22.5. The van der Waals surface area contributed by atoms with Gasteiger partial charge in [0, 0.05) is 52.4 Å². The average molecular weight is 425 g/mol. The summed E-state index contributed by atoms with van der Waals surface area (Å²) < 4.78 is 0. The van der Waals surface area contributed by atoms with Gasteiger partial charge in [-0.1, -0.05) is 55.4 Å². The quantitative estimate of drug-likeness (QED) is 0.359. The van der Waals surface area contributed by atoms with E-state index in [1.807, 2.05) is 0 Å². The van der Waals surface area contributed by atoms with Crippen LogP contribution in [0.1, 0.15) is 68.2 Å². The first kappa shape index (κ1) is 27.9. The van der Waals surface area contributed by atoms with E-state index in [0.29, 0.717) is 0 Å². The standard InChI is InChI=1S/C26H56N4/c1-23(2)19-29(20-24(3)4)13-9-11-27-15-17-28(18-16-27)12-10-14-30(21-25(5)6)22-26(7)8/h23-26H,9-22H2,1-8H3. The fourth-order valence-corrected chi connectivity index (χ4v) is 4.85. The molecule has 180 valence electrons. The van der Waals surface area contributed by atoms with E-state index in [2.05, 4.69) is 75.0 Å². The summed E-state index contributed by atoms with van der Waals surface area (Å²) in [6.07, 6.45) is 2.64. The molecule has 0 saturated carbocycles.